The number of aryl methyl sites for hydroxylation is 1. The maximum atomic E-state index is 12.3. The lowest BCUT2D eigenvalue weighted by atomic mass is 9.97. The molecule has 0 aliphatic carbocycles. The molecule has 0 saturated carbocycles. The number of amides is 1. The van der Waals surface area contributed by atoms with Crippen LogP contribution < -0.4 is 15.4 Å². The van der Waals surface area contributed by atoms with E-state index in [4.69, 9.17) is 9.47 Å². The average molecular weight is 318 g/mol. The Balaban J connectivity index is 1.60. The molecule has 2 aliphatic rings. The molecule has 1 unspecified atom stereocenters. The first-order valence-corrected chi connectivity index (χ1v) is 8.55. The van der Waals surface area contributed by atoms with Crippen molar-refractivity contribution in [2.24, 2.45) is 5.92 Å². The first-order valence-electron chi connectivity index (χ1n) is 8.55. The van der Waals surface area contributed by atoms with Crippen LogP contribution in [0.1, 0.15) is 30.4 Å². The Kier molecular flexibility index (Phi) is 5.51. The van der Waals surface area contributed by atoms with Crippen molar-refractivity contribution in [3.63, 3.8) is 0 Å². The number of rotatable bonds is 5. The summed E-state index contributed by atoms with van der Waals surface area (Å²) in [5.41, 5.74) is 2.19. The minimum absolute atomic E-state index is 0.121. The smallest absolute Gasteiger partial charge is 0.223 e. The molecule has 0 radical (unpaired) electrons. The van der Waals surface area contributed by atoms with E-state index < -0.39 is 0 Å². The van der Waals surface area contributed by atoms with Crippen molar-refractivity contribution in [2.75, 3.05) is 26.3 Å². The van der Waals surface area contributed by atoms with Gasteiger partial charge in [-0.2, -0.15) is 0 Å². The molecule has 5 nitrogen and oxygen atoms in total. The number of carbonyl (C=O) groups is 1. The van der Waals surface area contributed by atoms with E-state index in [9.17, 15) is 4.79 Å². The van der Waals surface area contributed by atoms with Crippen LogP contribution in [0, 0.1) is 12.8 Å². The fourth-order valence-electron chi connectivity index (χ4n) is 3.11. The highest BCUT2D eigenvalue weighted by Crippen LogP contribution is 2.24. The molecule has 126 valence electrons. The fraction of sp³-hybridized carbons (Fsp3) is 0.611. The zero-order valence-corrected chi connectivity index (χ0v) is 13.8. The summed E-state index contributed by atoms with van der Waals surface area (Å²) in [5, 5.41) is 6.36. The monoisotopic (exact) mass is 318 g/mol. The molecule has 2 aliphatic heterocycles. The second kappa shape index (κ2) is 7.79. The third-order valence-corrected chi connectivity index (χ3v) is 4.57. The second-order valence-corrected chi connectivity index (χ2v) is 6.46. The minimum Gasteiger partial charge on any atom is -0.488 e. The Hall–Kier alpha value is -1.59. The Bertz CT molecular complexity index is 535. The molecule has 2 fully saturated rings. The molecular formula is C18H26N2O3. The number of nitrogens with one attached hydrogen (secondary N) is 2. The maximum Gasteiger partial charge on any atom is 0.223 e. The van der Waals surface area contributed by atoms with E-state index in [1.807, 2.05) is 12.1 Å². The third-order valence-electron chi connectivity index (χ3n) is 4.57. The lowest BCUT2D eigenvalue weighted by Gasteiger charge is -2.22. The summed E-state index contributed by atoms with van der Waals surface area (Å²) in [4.78, 5) is 12.3. The molecule has 2 saturated heterocycles. The van der Waals surface area contributed by atoms with Gasteiger partial charge in [0.05, 0.1) is 13.2 Å². The topological polar surface area (TPSA) is 59.6 Å². The van der Waals surface area contributed by atoms with E-state index in [1.54, 1.807) is 0 Å². The van der Waals surface area contributed by atoms with Gasteiger partial charge in [-0.15, -0.1) is 0 Å². The van der Waals surface area contributed by atoms with Gasteiger partial charge in [-0.05, 0) is 44.5 Å². The van der Waals surface area contributed by atoms with E-state index >= 15 is 0 Å². The molecule has 1 aromatic carbocycles. The highest BCUT2D eigenvalue weighted by molar-refractivity contribution is 5.78. The van der Waals surface area contributed by atoms with Crippen molar-refractivity contribution in [3.8, 4) is 5.75 Å². The summed E-state index contributed by atoms with van der Waals surface area (Å²) in [6.07, 6.45) is 2.88. The van der Waals surface area contributed by atoms with Crippen LogP contribution in [0.3, 0.4) is 0 Å². The first kappa shape index (κ1) is 16.3. The van der Waals surface area contributed by atoms with E-state index in [0.29, 0.717) is 13.2 Å². The van der Waals surface area contributed by atoms with Crippen molar-refractivity contribution in [2.45, 2.75) is 38.8 Å². The molecule has 1 atom stereocenters. The number of hydrogen-bond acceptors (Lipinski definition) is 4. The van der Waals surface area contributed by atoms with Gasteiger partial charge in [0.15, 0.2) is 0 Å². The summed E-state index contributed by atoms with van der Waals surface area (Å²) < 4.78 is 11.5. The van der Waals surface area contributed by atoms with Gasteiger partial charge in [-0.1, -0.05) is 12.1 Å². The Morgan fingerprint density at radius 1 is 1.35 bits per heavy atom. The van der Waals surface area contributed by atoms with Crippen molar-refractivity contribution in [3.05, 3.63) is 29.3 Å². The standard InChI is InChI=1S/C18H26N2O3/c1-13-2-3-15(17(10-13)23-16-6-9-22-12-16)11-20-18(21)14-4-7-19-8-5-14/h2-3,10,14,16,19H,4-9,11-12H2,1H3,(H,20,21). The predicted octanol–water partition coefficient (Wildman–Crippen LogP) is 1.78. The van der Waals surface area contributed by atoms with Crippen LogP contribution in [-0.4, -0.2) is 38.3 Å². The van der Waals surface area contributed by atoms with Crippen LogP contribution in [0.25, 0.3) is 0 Å². The Morgan fingerprint density at radius 3 is 2.91 bits per heavy atom. The zero-order valence-electron chi connectivity index (χ0n) is 13.8. The molecule has 1 aromatic rings. The molecule has 2 heterocycles. The van der Waals surface area contributed by atoms with Crippen LogP contribution >= 0.6 is 0 Å². The van der Waals surface area contributed by atoms with Gasteiger partial charge in [0.1, 0.15) is 11.9 Å². The summed E-state index contributed by atoms with van der Waals surface area (Å²) in [5.74, 6) is 1.16. The molecular weight excluding hydrogens is 292 g/mol. The van der Waals surface area contributed by atoms with E-state index in [2.05, 4.69) is 23.6 Å². The van der Waals surface area contributed by atoms with Gasteiger partial charge in [0.2, 0.25) is 5.91 Å². The summed E-state index contributed by atoms with van der Waals surface area (Å²) >= 11 is 0. The first-order chi connectivity index (χ1) is 11.2. The van der Waals surface area contributed by atoms with Crippen molar-refractivity contribution < 1.29 is 14.3 Å². The van der Waals surface area contributed by atoms with Gasteiger partial charge in [-0.25, -0.2) is 0 Å². The molecule has 3 rings (SSSR count). The third kappa shape index (κ3) is 4.45. The largest absolute Gasteiger partial charge is 0.488 e. The van der Waals surface area contributed by atoms with Crippen molar-refractivity contribution in [1.29, 1.82) is 0 Å². The van der Waals surface area contributed by atoms with E-state index in [-0.39, 0.29) is 17.9 Å². The molecule has 5 heteroatoms. The number of carbonyl (C=O) groups excluding carboxylic acids is 1. The summed E-state index contributed by atoms with van der Waals surface area (Å²) in [6.45, 7) is 5.84. The second-order valence-electron chi connectivity index (χ2n) is 6.46. The molecule has 23 heavy (non-hydrogen) atoms. The summed E-state index contributed by atoms with van der Waals surface area (Å²) in [7, 11) is 0. The number of piperidine rings is 1. The SMILES string of the molecule is Cc1ccc(CNC(=O)C2CCNCC2)c(OC2CCOC2)c1. The number of hydrogen-bond donors (Lipinski definition) is 2. The molecule has 1 amide bonds. The van der Waals surface area contributed by atoms with Crippen LogP contribution in [0.2, 0.25) is 0 Å². The Morgan fingerprint density at radius 2 is 2.17 bits per heavy atom. The highest BCUT2D eigenvalue weighted by atomic mass is 16.5. The number of benzene rings is 1. The van der Waals surface area contributed by atoms with Crippen LogP contribution in [0.15, 0.2) is 18.2 Å². The molecule has 0 spiro atoms. The normalized spacial score (nSPS) is 22.0. The predicted molar refractivity (Wildman–Crippen MR) is 88.5 cm³/mol. The maximum absolute atomic E-state index is 12.3. The average Bonchev–Trinajstić information content (AvgIpc) is 3.08. The van der Waals surface area contributed by atoms with Gasteiger partial charge in [-0.3, -0.25) is 4.79 Å². The van der Waals surface area contributed by atoms with Crippen LogP contribution in [0.5, 0.6) is 5.75 Å². The van der Waals surface area contributed by atoms with Gasteiger partial charge < -0.3 is 20.1 Å². The van der Waals surface area contributed by atoms with Crippen LogP contribution in [0.4, 0.5) is 0 Å². The van der Waals surface area contributed by atoms with Gasteiger partial charge in [0.25, 0.3) is 0 Å². The number of ether oxygens (including phenoxy) is 2. The van der Waals surface area contributed by atoms with E-state index in [0.717, 1.165) is 55.8 Å². The lowest BCUT2D eigenvalue weighted by Crippen LogP contribution is -2.37. The van der Waals surface area contributed by atoms with E-state index in [1.165, 1.54) is 0 Å². The highest BCUT2D eigenvalue weighted by Gasteiger charge is 2.22. The molecule has 0 bridgehead atoms. The van der Waals surface area contributed by atoms with Crippen LogP contribution in [-0.2, 0) is 16.1 Å². The van der Waals surface area contributed by atoms with Gasteiger partial charge >= 0.3 is 0 Å². The van der Waals surface area contributed by atoms with Crippen molar-refractivity contribution >= 4 is 5.91 Å². The minimum atomic E-state index is 0.121. The Labute approximate surface area is 137 Å². The molecule has 2 N–H and O–H groups in total. The fourth-order valence-corrected chi connectivity index (χ4v) is 3.11. The molecule has 0 aromatic heterocycles. The zero-order chi connectivity index (χ0) is 16.1. The quantitative estimate of drug-likeness (QED) is 0.869. The summed E-state index contributed by atoms with van der Waals surface area (Å²) in [6, 6.07) is 6.15. The van der Waals surface area contributed by atoms with Gasteiger partial charge in [0, 0.05) is 24.4 Å². The van der Waals surface area contributed by atoms with Crippen molar-refractivity contribution in [1.82, 2.24) is 10.6 Å². The lowest BCUT2D eigenvalue weighted by molar-refractivity contribution is -0.125.